The number of halogens is 1. The summed E-state index contributed by atoms with van der Waals surface area (Å²) in [4.78, 5) is 23.9. The van der Waals surface area contributed by atoms with E-state index in [1.54, 1.807) is 6.92 Å². The Bertz CT molecular complexity index is 724. The van der Waals surface area contributed by atoms with Crippen LogP contribution in [0.15, 0.2) is 24.3 Å². The van der Waals surface area contributed by atoms with Crippen LogP contribution in [-0.4, -0.2) is 27.1 Å². The summed E-state index contributed by atoms with van der Waals surface area (Å²) in [5, 5.41) is 0. The fourth-order valence-corrected chi connectivity index (χ4v) is 3.47. The first-order valence-corrected chi connectivity index (χ1v) is 8.96. The predicted molar refractivity (Wildman–Crippen MR) is 96.9 cm³/mol. The molecule has 6 heteroatoms. The molecule has 2 heterocycles. The largest absolute Gasteiger partial charge is 0.483 e. The van der Waals surface area contributed by atoms with Gasteiger partial charge in [-0.05, 0) is 67.1 Å². The highest BCUT2D eigenvalue weighted by Gasteiger charge is 2.48. The van der Waals surface area contributed by atoms with Crippen LogP contribution in [0, 0.1) is 0 Å². The molecule has 0 bridgehead atoms. The molecule has 2 aliphatic rings. The quantitative estimate of drug-likeness (QED) is 0.408. The smallest absolute Gasteiger partial charge is 0.338 e. The van der Waals surface area contributed by atoms with E-state index in [0.29, 0.717) is 0 Å². The number of rotatable bonds is 3. The van der Waals surface area contributed by atoms with Gasteiger partial charge in [-0.2, -0.15) is 0 Å². The molecule has 0 amide bonds. The number of carbonyl (C=O) groups is 2. The number of carbonyl (C=O) groups excluding carboxylic acids is 2. The number of hydrogen-bond acceptors (Lipinski definition) is 5. The van der Waals surface area contributed by atoms with Gasteiger partial charge in [-0.1, -0.05) is 12.1 Å². The van der Waals surface area contributed by atoms with Gasteiger partial charge in [0.05, 0.1) is 0 Å². The van der Waals surface area contributed by atoms with Gasteiger partial charge in [0, 0.05) is 12.0 Å². The van der Waals surface area contributed by atoms with Crippen molar-refractivity contribution in [3.05, 3.63) is 35.4 Å². The molecule has 2 unspecified atom stereocenters. The van der Waals surface area contributed by atoms with E-state index in [1.165, 1.54) is 0 Å². The van der Waals surface area contributed by atoms with E-state index in [9.17, 15) is 9.59 Å². The number of hydrogen-bond donors (Lipinski definition) is 0. The highest BCUT2D eigenvalue weighted by atomic mass is 127. The van der Waals surface area contributed by atoms with Gasteiger partial charge in [0.2, 0.25) is 0 Å². The Morgan fingerprint density at radius 2 is 2.12 bits per heavy atom. The molecule has 1 fully saturated rings. The summed E-state index contributed by atoms with van der Waals surface area (Å²) in [6, 6.07) is 5.67. The zero-order valence-electron chi connectivity index (χ0n) is 13.8. The molecule has 0 saturated carbocycles. The fourth-order valence-electron chi connectivity index (χ4n) is 2.69. The SMILES string of the molecule is CC1(C)C=Cc2cc(COC(=O)C3(C)CC(=O)C(I)O3)ccc2O1. The lowest BCUT2D eigenvalue weighted by Gasteiger charge is -2.28. The predicted octanol–water partition coefficient (Wildman–Crippen LogP) is 3.42. The van der Waals surface area contributed by atoms with Crippen LogP contribution in [0.5, 0.6) is 5.75 Å². The molecule has 2 atom stereocenters. The van der Waals surface area contributed by atoms with Gasteiger partial charge < -0.3 is 14.2 Å². The molecular weight excluding hydrogens is 423 g/mol. The Labute approximate surface area is 154 Å². The minimum absolute atomic E-state index is 0.0509. The highest BCUT2D eigenvalue weighted by Crippen LogP contribution is 2.33. The van der Waals surface area contributed by atoms with Crippen LogP contribution in [0.4, 0.5) is 0 Å². The van der Waals surface area contributed by atoms with Gasteiger partial charge in [0.1, 0.15) is 18.0 Å². The first kappa shape index (κ1) is 17.4. The van der Waals surface area contributed by atoms with Crippen molar-refractivity contribution in [2.45, 2.75) is 49.1 Å². The second-order valence-corrected chi connectivity index (χ2v) is 7.93. The minimum atomic E-state index is -1.19. The molecule has 0 N–H and O–H groups in total. The molecule has 0 aliphatic carbocycles. The number of ether oxygens (including phenoxy) is 3. The second kappa shape index (κ2) is 6.15. The van der Waals surface area contributed by atoms with Crippen molar-refractivity contribution in [3.63, 3.8) is 0 Å². The van der Waals surface area contributed by atoms with Gasteiger partial charge in [-0.25, -0.2) is 4.79 Å². The van der Waals surface area contributed by atoms with Crippen LogP contribution >= 0.6 is 22.6 Å². The highest BCUT2D eigenvalue weighted by molar-refractivity contribution is 14.1. The van der Waals surface area contributed by atoms with Crippen LogP contribution in [0.2, 0.25) is 0 Å². The van der Waals surface area contributed by atoms with E-state index >= 15 is 0 Å². The monoisotopic (exact) mass is 442 g/mol. The van der Waals surface area contributed by atoms with E-state index < -0.39 is 15.7 Å². The third-order valence-electron chi connectivity index (χ3n) is 4.04. The summed E-state index contributed by atoms with van der Waals surface area (Å²) >= 11 is 1.88. The maximum Gasteiger partial charge on any atom is 0.338 e. The Morgan fingerprint density at radius 3 is 2.79 bits per heavy atom. The van der Waals surface area contributed by atoms with E-state index in [-0.39, 0.29) is 24.4 Å². The van der Waals surface area contributed by atoms with Crippen molar-refractivity contribution in [3.8, 4) is 5.75 Å². The zero-order chi connectivity index (χ0) is 17.5. The third kappa shape index (κ3) is 3.49. The second-order valence-electron chi connectivity index (χ2n) is 6.79. The maximum atomic E-state index is 12.3. The lowest BCUT2D eigenvalue weighted by Crippen LogP contribution is -2.36. The van der Waals surface area contributed by atoms with E-state index in [2.05, 4.69) is 0 Å². The molecule has 1 aromatic carbocycles. The number of Topliss-reactive ketones (excluding diaryl/α,β-unsaturated/α-hetero) is 1. The van der Waals surface area contributed by atoms with Crippen molar-refractivity contribution >= 4 is 40.4 Å². The van der Waals surface area contributed by atoms with E-state index in [1.807, 2.05) is 66.8 Å². The van der Waals surface area contributed by atoms with E-state index in [0.717, 1.165) is 16.9 Å². The minimum Gasteiger partial charge on any atom is -0.483 e. The molecule has 0 aromatic heterocycles. The third-order valence-corrected chi connectivity index (χ3v) is 4.99. The summed E-state index contributed by atoms with van der Waals surface area (Å²) in [6.45, 7) is 5.71. The lowest BCUT2D eigenvalue weighted by atomic mass is 10.0. The molecule has 2 aliphatic heterocycles. The first-order valence-electron chi connectivity index (χ1n) is 7.72. The number of esters is 1. The Hall–Kier alpha value is -1.41. The number of ketones is 1. The summed E-state index contributed by atoms with van der Waals surface area (Å²) in [5.41, 5.74) is 0.296. The van der Waals surface area contributed by atoms with Crippen LogP contribution in [0.1, 0.15) is 38.3 Å². The molecule has 24 heavy (non-hydrogen) atoms. The van der Waals surface area contributed by atoms with Crippen LogP contribution in [0.25, 0.3) is 6.08 Å². The number of alkyl halides is 1. The summed E-state index contributed by atoms with van der Waals surface area (Å²) < 4.78 is 16.1. The lowest BCUT2D eigenvalue weighted by molar-refractivity contribution is -0.166. The standard InChI is InChI=1S/C18H19IO5/c1-17(2)7-6-12-8-11(4-5-14(12)23-17)10-22-16(21)18(3)9-13(20)15(19)24-18/h4-8,15H,9-10H2,1-3H3. The molecule has 1 saturated heterocycles. The number of benzene rings is 1. The fraction of sp³-hybridized carbons (Fsp3) is 0.444. The first-order chi connectivity index (χ1) is 11.2. The molecular formula is C18H19IO5. The van der Waals surface area contributed by atoms with Crippen molar-refractivity contribution < 1.29 is 23.8 Å². The summed E-state index contributed by atoms with van der Waals surface area (Å²) in [7, 11) is 0. The van der Waals surface area contributed by atoms with Gasteiger partial charge in [-0.15, -0.1) is 0 Å². The van der Waals surface area contributed by atoms with Crippen LogP contribution < -0.4 is 4.74 Å². The summed E-state index contributed by atoms with van der Waals surface area (Å²) in [6.07, 6.45) is 4.05. The molecule has 128 valence electrons. The van der Waals surface area contributed by atoms with Crippen molar-refractivity contribution in [1.29, 1.82) is 0 Å². The Morgan fingerprint density at radius 1 is 1.38 bits per heavy atom. The van der Waals surface area contributed by atoms with Crippen LogP contribution in [-0.2, 0) is 25.7 Å². The normalized spacial score (nSPS) is 27.5. The van der Waals surface area contributed by atoms with Gasteiger partial charge >= 0.3 is 5.97 Å². The zero-order valence-corrected chi connectivity index (χ0v) is 16.0. The average molecular weight is 442 g/mol. The molecule has 1 aromatic rings. The van der Waals surface area contributed by atoms with Gasteiger partial charge in [-0.3, -0.25) is 4.79 Å². The average Bonchev–Trinajstić information content (AvgIpc) is 2.78. The van der Waals surface area contributed by atoms with Gasteiger partial charge in [0.25, 0.3) is 0 Å². The summed E-state index contributed by atoms with van der Waals surface area (Å²) in [5.74, 6) is 0.205. The molecule has 0 spiro atoms. The topological polar surface area (TPSA) is 61.8 Å². The molecule has 3 rings (SSSR count). The molecule has 5 nitrogen and oxygen atoms in total. The molecule has 0 radical (unpaired) electrons. The van der Waals surface area contributed by atoms with Crippen molar-refractivity contribution in [1.82, 2.24) is 0 Å². The van der Waals surface area contributed by atoms with Gasteiger partial charge in [0.15, 0.2) is 15.5 Å². The van der Waals surface area contributed by atoms with Crippen molar-refractivity contribution in [2.75, 3.05) is 0 Å². The Balaban J connectivity index is 1.66. The van der Waals surface area contributed by atoms with E-state index in [4.69, 9.17) is 14.2 Å². The number of fused-ring (bicyclic) bond motifs is 1. The Kier molecular flexibility index (Phi) is 4.46. The van der Waals surface area contributed by atoms with Crippen molar-refractivity contribution in [2.24, 2.45) is 0 Å². The maximum absolute atomic E-state index is 12.3. The van der Waals surface area contributed by atoms with Crippen LogP contribution in [0.3, 0.4) is 0 Å².